The van der Waals surface area contributed by atoms with Gasteiger partial charge in [0.15, 0.2) is 0 Å². The minimum atomic E-state index is -0.943. The maximum Gasteiger partial charge on any atom is 0.0532 e. The molecule has 2 aromatic carbocycles. The van der Waals surface area contributed by atoms with Crippen LogP contribution in [-0.2, 0) is 17.2 Å². The zero-order valence-corrected chi connectivity index (χ0v) is 12.7. The summed E-state index contributed by atoms with van der Waals surface area (Å²) in [5.41, 5.74) is 8.85. The van der Waals surface area contributed by atoms with Crippen molar-refractivity contribution in [1.82, 2.24) is 0 Å². The number of nitrogens with two attached hydrogens (primary N) is 1. The number of benzene rings is 2. The molecule has 0 aliphatic rings. The molecule has 0 heterocycles. The molecule has 0 amide bonds. The second-order valence-electron chi connectivity index (χ2n) is 5.02. The van der Waals surface area contributed by atoms with Crippen LogP contribution in [0.5, 0.6) is 0 Å². The Bertz CT molecular complexity index is 581. The van der Waals surface area contributed by atoms with Crippen molar-refractivity contribution in [3.8, 4) is 0 Å². The summed E-state index contributed by atoms with van der Waals surface area (Å²) in [6, 6.07) is 16.0. The molecule has 106 valence electrons. The van der Waals surface area contributed by atoms with Crippen LogP contribution < -0.4 is 5.73 Å². The highest BCUT2D eigenvalue weighted by molar-refractivity contribution is 7.85. The Labute approximate surface area is 123 Å². The predicted molar refractivity (Wildman–Crippen MR) is 86.2 cm³/mol. The Kier molecular flexibility index (Phi) is 5.36. The lowest BCUT2D eigenvalue weighted by Crippen LogP contribution is -2.02. The molecule has 0 fully saturated rings. The molecule has 2 rings (SSSR count). The van der Waals surface area contributed by atoms with E-state index in [0.717, 1.165) is 29.7 Å². The topological polar surface area (TPSA) is 43.1 Å². The molecular formula is C17H21NOS. The summed E-state index contributed by atoms with van der Waals surface area (Å²) in [5, 5.41) is 0. The lowest BCUT2D eigenvalue weighted by Gasteiger charge is -2.07. The van der Waals surface area contributed by atoms with Gasteiger partial charge in [-0.3, -0.25) is 4.21 Å². The minimum Gasteiger partial charge on any atom is -0.399 e. The summed E-state index contributed by atoms with van der Waals surface area (Å²) in [7, 11) is -0.943. The highest BCUT2D eigenvalue weighted by atomic mass is 32.2. The maximum atomic E-state index is 12.3. The fraction of sp³-hybridized carbons (Fsp3) is 0.294. The Hall–Kier alpha value is -1.61. The van der Waals surface area contributed by atoms with E-state index in [0.29, 0.717) is 11.4 Å². The maximum absolute atomic E-state index is 12.3. The Morgan fingerprint density at radius 2 is 1.80 bits per heavy atom. The molecule has 1 atom stereocenters. The van der Waals surface area contributed by atoms with Crippen LogP contribution in [0.15, 0.2) is 53.4 Å². The smallest absolute Gasteiger partial charge is 0.0532 e. The standard InChI is InChI=1S/C17H21NOS/c1-14-10-11-16(18)13-17(14)20(19)12-6-5-9-15-7-3-2-4-8-15/h2-4,7-8,10-11,13H,5-6,9,12,18H2,1H3. The molecule has 0 bridgehead atoms. The molecule has 0 radical (unpaired) electrons. The zero-order chi connectivity index (χ0) is 14.4. The largest absolute Gasteiger partial charge is 0.399 e. The number of hydrogen-bond donors (Lipinski definition) is 1. The van der Waals surface area contributed by atoms with Gasteiger partial charge in [-0.2, -0.15) is 0 Å². The van der Waals surface area contributed by atoms with Gasteiger partial charge in [-0.15, -0.1) is 0 Å². The SMILES string of the molecule is Cc1ccc(N)cc1S(=O)CCCCc1ccccc1. The first-order valence-electron chi connectivity index (χ1n) is 6.95. The van der Waals surface area contributed by atoms with E-state index in [1.54, 1.807) is 0 Å². The molecule has 0 aliphatic heterocycles. The van der Waals surface area contributed by atoms with Crippen molar-refractivity contribution in [2.24, 2.45) is 0 Å². The first-order chi connectivity index (χ1) is 9.66. The van der Waals surface area contributed by atoms with Crippen molar-refractivity contribution >= 4 is 16.5 Å². The summed E-state index contributed by atoms with van der Waals surface area (Å²) in [6.45, 7) is 1.98. The minimum absolute atomic E-state index is 0.684. The van der Waals surface area contributed by atoms with Gasteiger partial charge in [0.1, 0.15) is 0 Å². The van der Waals surface area contributed by atoms with Crippen molar-refractivity contribution in [3.63, 3.8) is 0 Å². The molecule has 20 heavy (non-hydrogen) atoms. The van der Waals surface area contributed by atoms with E-state index in [4.69, 9.17) is 5.73 Å². The molecule has 0 aliphatic carbocycles. The van der Waals surface area contributed by atoms with E-state index in [1.165, 1.54) is 5.56 Å². The Morgan fingerprint density at radius 1 is 1.05 bits per heavy atom. The molecule has 0 saturated heterocycles. The third kappa shape index (κ3) is 4.20. The van der Waals surface area contributed by atoms with Gasteiger partial charge in [0, 0.05) is 16.3 Å². The molecule has 1 unspecified atom stereocenters. The van der Waals surface area contributed by atoms with Crippen LogP contribution in [0, 0.1) is 6.92 Å². The van der Waals surface area contributed by atoms with Gasteiger partial charge in [-0.1, -0.05) is 36.4 Å². The number of unbranched alkanes of at least 4 members (excludes halogenated alkanes) is 1. The van der Waals surface area contributed by atoms with E-state index >= 15 is 0 Å². The normalized spacial score (nSPS) is 12.2. The summed E-state index contributed by atoms with van der Waals surface area (Å²) >= 11 is 0. The monoisotopic (exact) mass is 287 g/mol. The van der Waals surface area contributed by atoms with Gasteiger partial charge in [-0.05, 0) is 49.4 Å². The molecule has 2 aromatic rings. The molecule has 3 heteroatoms. The fourth-order valence-electron chi connectivity index (χ4n) is 2.18. The number of aryl methyl sites for hydroxylation is 2. The summed E-state index contributed by atoms with van der Waals surface area (Å²) in [6.07, 6.45) is 3.08. The van der Waals surface area contributed by atoms with Crippen molar-refractivity contribution in [3.05, 3.63) is 59.7 Å². The number of hydrogen-bond acceptors (Lipinski definition) is 2. The van der Waals surface area contributed by atoms with Crippen LogP contribution in [0.2, 0.25) is 0 Å². The zero-order valence-electron chi connectivity index (χ0n) is 11.8. The van der Waals surface area contributed by atoms with E-state index in [1.807, 2.05) is 31.2 Å². The van der Waals surface area contributed by atoms with Gasteiger partial charge in [0.05, 0.1) is 10.8 Å². The fourth-order valence-corrected chi connectivity index (χ4v) is 3.56. The second-order valence-corrected chi connectivity index (χ2v) is 6.56. The number of nitrogen functional groups attached to an aromatic ring is 1. The number of rotatable bonds is 6. The van der Waals surface area contributed by atoms with Crippen LogP contribution >= 0.6 is 0 Å². The highest BCUT2D eigenvalue weighted by Crippen LogP contribution is 2.18. The Morgan fingerprint density at radius 3 is 2.55 bits per heavy atom. The molecule has 0 saturated carbocycles. The van der Waals surface area contributed by atoms with E-state index in [9.17, 15) is 4.21 Å². The third-order valence-electron chi connectivity index (χ3n) is 3.35. The van der Waals surface area contributed by atoms with Crippen molar-refractivity contribution in [2.75, 3.05) is 11.5 Å². The average Bonchev–Trinajstić information content (AvgIpc) is 2.47. The lowest BCUT2D eigenvalue weighted by molar-refractivity contribution is 0.677. The van der Waals surface area contributed by atoms with Gasteiger partial charge in [0.25, 0.3) is 0 Å². The molecule has 2 nitrogen and oxygen atoms in total. The van der Waals surface area contributed by atoms with E-state index in [-0.39, 0.29) is 0 Å². The average molecular weight is 287 g/mol. The predicted octanol–water partition coefficient (Wildman–Crippen LogP) is 3.71. The molecule has 2 N–H and O–H groups in total. The van der Waals surface area contributed by atoms with Gasteiger partial charge < -0.3 is 5.73 Å². The lowest BCUT2D eigenvalue weighted by atomic mass is 10.1. The summed E-state index contributed by atoms with van der Waals surface area (Å²) in [5.74, 6) is 0.705. The van der Waals surface area contributed by atoms with Gasteiger partial charge in [0.2, 0.25) is 0 Å². The highest BCUT2D eigenvalue weighted by Gasteiger charge is 2.07. The molecule has 0 aromatic heterocycles. The Balaban J connectivity index is 1.82. The van der Waals surface area contributed by atoms with Crippen LogP contribution in [0.4, 0.5) is 5.69 Å². The van der Waals surface area contributed by atoms with E-state index < -0.39 is 10.8 Å². The molecular weight excluding hydrogens is 266 g/mol. The van der Waals surface area contributed by atoms with Crippen LogP contribution in [0.3, 0.4) is 0 Å². The first-order valence-corrected chi connectivity index (χ1v) is 8.27. The molecule has 0 spiro atoms. The van der Waals surface area contributed by atoms with Crippen LogP contribution in [0.25, 0.3) is 0 Å². The van der Waals surface area contributed by atoms with Crippen molar-refractivity contribution in [1.29, 1.82) is 0 Å². The van der Waals surface area contributed by atoms with Crippen LogP contribution in [0.1, 0.15) is 24.0 Å². The summed E-state index contributed by atoms with van der Waals surface area (Å²) in [4.78, 5) is 0.879. The number of anilines is 1. The van der Waals surface area contributed by atoms with Crippen molar-refractivity contribution < 1.29 is 4.21 Å². The summed E-state index contributed by atoms with van der Waals surface area (Å²) < 4.78 is 12.3. The third-order valence-corrected chi connectivity index (χ3v) is 4.94. The van der Waals surface area contributed by atoms with Gasteiger partial charge >= 0.3 is 0 Å². The van der Waals surface area contributed by atoms with E-state index in [2.05, 4.69) is 24.3 Å². The quantitative estimate of drug-likeness (QED) is 0.650. The van der Waals surface area contributed by atoms with Gasteiger partial charge in [-0.25, -0.2) is 0 Å². The van der Waals surface area contributed by atoms with Crippen LogP contribution in [-0.4, -0.2) is 9.96 Å². The van der Waals surface area contributed by atoms with Crippen molar-refractivity contribution in [2.45, 2.75) is 31.1 Å². The second kappa shape index (κ2) is 7.25. The first kappa shape index (κ1) is 14.8.